The van der Waals surface area contributed by atoms with Gasteiger partial charge in [-0.2, -0.15) is 0 Å². The average molecular weight is 224 g/mol. The van der Waals surface area contributed by atoms with Gasteiger partial charge in [-0.25, -0.2) is 0 Å². The van der Waals surface area contributed by atoms with Gasteiger partial charge in [-0.3, -0.25) is 4.79 Å². The van der Waals surface area contributed by atoms with Crippen LogP contribution in [0.4, 0.5) is 0 Å². The highest BCUT2D eigenvalue weighted by atomic mass is 16.2. The third-order valence-corrected chi connectivity index (χ3v) is 4.44. The van der Waals surface area contributed by atoms with E-state index in [-0.39, 0.29) is 11.5 Å². The fourth-order valence-corrected chi connectivity index (χ4v) is 3.30. The molecule has 3 heteroatoms. The smallest absolute Gasteiger partial charge is 0.228 e. The molecule has 1 heterocycles. The summed E-state index contributed by atoms with van der Waals surface area (Å²) in [7, 11) is 0. The maximum atomic E-state index is 12.6. The number of carbonyl (C=O) groups is 1. The zero-order chi connectivity index (χ0) is 11.6. The molecule has 0 bridgehead atoms. The van der Waals surface area contributed by atoms with Crippen LogP contribution in [0.1, 0.15) is 51.9 Å². The highest BCUT2D eigenvalue weighted by Gasteiger charge is 2.42. The number of carbonyl (C=O) groups excluding carboxylic acids is 1. The fraction of sp³-hybridized carbons (Fsp3) is 0.923. The lowest BCUT2D eigenvalue weighted by Crippen LogP contribution is -2.50. The van der Waals surface area contributed by atoms with Crippen LogP contribution in [0.15, 0.2) is 0 Å². The molecule has 2 aliphatic rings. The van der Waals surface area contributed by atoms with Gasteiger partial charge in [0.15, 0.2) is 0 Å². The van der Waals surface area contributed by atoms with Gasteiger partial charge in [-0.15, -0.1) is 0 Å². The van der Waals surface area contributed by atoms with Gasteiger partial charge in [-0.05, 0) is 32.1 Å². The van der Waals surface area contributed by atoms with Crippen LogP contribution in [-0.4, -0.2) is 29.9 Å². The molecule has 1 atom stereocenters. The van der Waals surface area contributed by atoms with E-state index in [2.05, 4.69) is 6.92 Å². The molecule has 2 fully saturated rings. The zero-order valence-corrected chi connectivity index (χ0v) is 10.4. The molecule has 2 rings (SSSR count). The molecule has 0 aromatic carbocycles. The summed E-state index contributed by atoms with van der Waals surface area (Å²) >= 11 is 0. The van der Waals surface area contributed by atoms with Crippen molar-refractivity contribution in [1.29, 1.82) is 0 Å². The predicted molar refractivity (Wildman–Crippen MR) is 65.0 cm³/mol. The highest BCUT2D eigenvalue weighted by Crippen LogP contribution is 2.42. The predicted octanol–water partition coefficient (Wildman–Crippen LogP) is 1.91. The molecule has 1 amide bonds. The second kappa shape index (κ2) is 4.74. The summed E-state index contributed by atoms with van der Waals surface area (Å²) < 4.78 is 0. The van der Waals surface area contributed by atoms with Crippen LogP contribution in [0, 0.1) is 5.41 Å². The third kappa shape index (κ3) is 2.10. The van der Waals surface area contributed by atoms with Gasteiger partial charge in [0.1, 0.15) is 0 Å². The molecular formula is C13H24N2O. The normalized spacial score (nSPS) is 29.4. The van der Waals surface area contributed by atoms with Crippen molar-refractivity contribution < 1.29 is 4.79 Å². The Morgan fingerprint density at radius 3 is 2.62 bits per heavy atom. The molecule has 0 aromatic rings. The number of likely N-dealkylation sites (tertiary alicyclic amines) is 1. The van der Waals surface area contributed by atoms with E-state index in [1.807, 2.05) is 4.90 Å². The SMILES string of the molecule is CCC1(C(=O)N2CCC[C@@H](N)C2)CCCC1. The van der Waals surface area contributed by atoms with Crippen molar-refractivity contribution >= 4 is 5.91 Å². The molecule has 0 spiro atoms. The van der Waals surface area contributed by atoms with Crippen LogP contribution in [0.3, 0.4) is 0 Å². The minimum Gasteiger partial charge on any atom is -0.341 e. The summed E-state index contributed by atoms with van der Waals surface area (Å²) in [5, 5.41) is 0. The molecule has 3 nitrogen and oxygen atoms in total. The van der Waals surface area contributed by atoms with E-state index in [0.717, 1.165) is 45.2 Å². The molecule has 0 aromatic heterocycles. The third-order valence-electron chi connectivity index (χ3n) is 4.44. The molecule has 0 radical (unpaired) electrons. The number of nitrogens with zero attached hydrogens (tertiary/aromatic N) is 1. The molecule has 1 saturated heterocycles. The van der Waals surface area contributed by atoms with Gasteiger partial charge in [0.2, 0.25) is 5.91 Å². The van der Waals surface area contributed by atoms with E-state index < -0.39 is 0 Å². The molecular weight excluding hydrogens is 200 g/mol. The second-order valence-electron chi connectivity index (χ2n) is 5.49. The van der Waals surface area contributed by atoms with E-state index in [4.69, 9.17) is 5.73 Å². The lowest BCUT2D eigenvalue weighted by atomic mass is 9.81. The Morgan fingerprint density at radius 2 is 2.06 bits per heavy atom. The number of nitrogens with two attached hydrogens (primary N) is 1. The van der Waals surface area contributed by atoms with Crippen molar-refractivity contribution in [3.8, 4) is 0 Å². The van der Waals surface area contributed by atoms with Crippen molar-refractivity contribution in [2.75, 3.05) is 13.1 Å². The monoisotopic (exact) mass is 224 g/mol. The number of rotatable bonds is 2. The Kier molecular flexibility index (Phi) is 3.53. The molecule has 1 aliphatic heterocycles. The Labute approximate surface area is 98.4 Å². The number of hydrogen-bond donors (Lipinski definition) is 1. The summed E-state index contributed by atoms with van der Waals surface area (Å²) in [6.45, 7) is 3.86. The number of amides is 1. The standard InChI is InChI=1S/C13H24N2O/c1-2-13(7-3-4-8-13)12(16)15-9-5-6-11(14)10-15/h11H,2-10,14H2,1H3/t11-/m1/s1. The largest absolute Gasteiger partial charge is 0.341 e. The van der Waals surface area contributed by atoms with Crippen LogP contribution >= 0.6 is 0 Å². The number of piperidine rings is 1. The van der Waals surface area contributed by atoms with Gasteiger partial charge in [0, 0.05) is 24.5 Å². The Morgan fingerprint density at radius 1 is 1.38 bits per heavy atom. The number of hydrogen-bond acceptors (Lipinski definition) is 2. The highest BCUT2D eigenvalue weighted by molar-refractivity contribution is 5.83. The van der Waals surface area contributed by atoms with Crippen molar-refractivity contribution in [2.45, 2.75) is 57.9 Å². The summed E-state index contributed by atoms with van der Waals surface area (Å²) in [6, 6.07) is 0.202. The molecule has 1 aliphatic carbocycles. The topological polar surface area (TPSA) is 46.3 Å². The summed E-state index contributed by atoms with van der Waals surface area (Å²) in [4.78, 5) is 14.6. The van der Waals surface area contributed by atoms with Crippen molar-refractivity contribution in [2.24, 2.45) is 11.1 Å². The molecule has 2 N–H and O–H groups in total. The minimum absolute atomic E-state index is 0.0307. The van der Waals surface area contributed by atoms with Crippen LogP contribution < -0.4 is 5.73 Å². The van der Waals surface area contributed by atoms with Crippen LogP contribution in [0.25, 0.3) is 0 Å². The van der Waals surface area contributed by atoms with Gasteiger partial charge >= 0.3 is 0 Å². The second-order valence-corrected chi connectivity index (χ2v) is 5.49. The van der Waals surface area contributed by atoms with Gasteiger partial charge in [-0.1, -0.05) is 19.8 Å². The van der Waals surface area contributed by atoms with Crippen LogP contribution in [-0.2, 0) is 4.79 Å². The first kappa shape index (κ1) is 11.9. The summed E-state index contributed by atoms with van der Waals surface area (Å²) in [5.41, 5.74) is 5.92. The summed E-state index contributed by atoms with van der Waals surface area (Å²) in [5.74, 6) is 0.391. The van der Waals surface area contributed by atoms with E-state index in [1.54, 1.807) is 0 Å². The van der Waals surface area contributed by atoms with Crippen molar-refractivity contribution in [1.82, 2.24) is 4.90 Å². The molecule has 1 saturated carbocycles. The lowest BCUT2D eigenvalue weighted by Gasteiger charge is -2.37. The Bertz CT molecular complexity index is 259. The van der Waals surface area contributed by atoms with E-state index in [1.165, 1.54) is 12.8 Å². The fourth-order valence-electron chi connectivity index (χ4n) is 3.30. The molecule has 16 heavy (non-hydrogen) atoms. The van der Waals surface area contributed by atoms with E-state index in [0.29, 0.717) is 5.91 Å². The first-order valence-electron chi connectivity index (χ1n) is 6.73. The summed E-state index contributed by atoms with van der Waals surface area (Å²) in [6.07, 6.45) is 7.77. The maximum absolute atomic E-state index is 12.6. The quantitative estimate of drug-likeness (QED) is 0.778. The Balaban J connectivity index is 2.04. The molecule has 0 unspecified atom stereocenters. The Hall–Kier alpha value is -0.570. The van der Waals surface area contributed by atoms with E-state index in [9.17, 15) is 4.79 Å². The minimum atomic E-state index is -0.0307. The maximum Gasteiger partial charge on any atom is 0.228 e. The van der Waals surface area contributed by atoms with Gasteiger partial charge in [0.25, 0.3) is 0 Å². The molecule has 92 valence electrons. The first-order valence-corrected chi connectivity index (χ1v) is 6.73. The van der Waals surface area contributed by atoms with Crippen LogP contribution in [0.5, 0.6) is 0 Å². The average Bonchev–Trinajstić information content (AvgIpc) is 2.78. The lowest BCUT2D eigenvalue weighted by molar-refractivity contribution is -0.143. The van der Waals surface area contributed by atoms with Crippen molar-refractivity contribution in [3.63, 3.8) is 0 Å². The zero-order valence-electron chi connectivity index (χ0n) is 10.4. The van der Waals surface area contributed by atoms with Gasteiger partial charge < -0.3 is 10.6 Å². The van der Waals surface area contributed by atoms with Crippen LogP contribution in [0.2, 0.25) is 0 Å². The van der Waals surface area contributed by atoms with Gasteiger partial charge in [0.05, 0.1) is 0 Å². The first-order chi connectivity index (χ1) is 7.68. The van der Waals surface area contributed by atoms with E-state index >= 15 is 0 Å². The van der Waals surface area contributed by atoms with Crippen molar-refractivity contribution in [3.05, 3.63) is 0 Å².